The van der Waals surface area contributed by atoms with Crippen molar-refractivity contribution in [2.24, 2.45) is 0 Å². The Morgan fingerprint density at radius 3 is 1.71 bits per heavy atom. The molecule has 62 heavy (non-hydrogen) atoms. The number of para-hydroxylation sites is 1. The number of hydrogen-bond donors (Lipinski definition) is 0. The maximum absolute atomic E-state index is 5.43. The Morgan fingerprint density at radius 1 is 0.355 bits per heavy atom. The first-order valence-electron chi connectivity index (χ1n) is 20.9. The molecule has 0 amide bonds. The largest absolute Gasteiger partial charge is 0.277 e. The highest BCUT2D eigenvalue weighted by atomic mass is 32.1. The van der Waals surface area contributed by atoms with Gasteiger partial charge >= 0.3 is 0 Å². The molecule has 13 rings (SSSR count). The fraction of sp³-hybridized carbons (Fsp3) is 0. The third-order valence-electron chi connectivity index (χ3n) is 12.4. The SMILES string of the molecule is c1ccc(-c2ccc(-c3nc(-c4ccc5ccccc5c4)nc(-n4c5ccc6ccccc6c5c5cccc(-c6cccc7c6sc6ccc8ccccc8c67)c54)n3)cc2)cc1. The molecule has 0 saturated carbocycles. The molecule has 3 aromatic heterocycles. The van der Waals surface area contributed by atoms with E-state index in [2.05, 4.69) is 205 Å². The summed E-state index contributed by atoms with van der Waals surface area (Å²) in [6.45, 7) is 0. The number of thiophene rings is 1. The smallest absolute Gasteiger partial charge is 0.238 e. The quantitative estimate of drug-likeness (QED) is 0.174. The Bertz CT molecular complexity index is 3920. The maximum Gasteiger partial charge on any atom is 0.238 e. The molecule has 0 aliphatic rings. The van der Waals surface area contributed by atoms with Gasteiger partial charge in [0.15, 0.2) is 11.6 Å². The van der Waals surface area contributed by atoms with Crippen LogP contribution in [-0.2, 0) is 0 Å². The molecule has 0 spiro atoms. The maximum atomic E-state index is 5.43. The topological polar surface area (TPSA) is 43.6 Å². The lowest BCUT2D eigenvalue weighted by molar-refractivity contribution is 0.954. The second-order valence-corrected chi connectivity index (χ2v) is 17.0. The van der Waals surface area contributed by atoms with Gasteiger partial charge in [0.1, 0.15) is 0 Å². The Labute approximate surface area is 360 Å². The van der Waals surface area contributed by atoms with E-state index in [1.165, 1.54) is 63.6 Å². The monoisotopic (exact) mass is 806 g/mol. The van der Waals surface area contributed by atoms with Gasteiger partial charge < -0.3 is 0 Å². The van der Waals surface area contributed by atoms with Gasteiger partial charge in [-0.1, -0.05) is 188 Å². The second kappa shape index (κ2) is 13.8. The highest BCUT2D eigenvalue weighted by Gasteiger charge is 2.23. The van der Waals surface area contributed by atoms with Gasteiger partial charge in [0, 0.05) is 53.2 Å². The van der Waals surface area contributed by atoms with E-state index in [0.717, 1.165) is 44.1 Å². The minimum atomic E-state index is 0.572. The number of fused-ring (bicyclic) bond motifs is 11. The molecule has 0 saturated heterocycles. The molecule has 5 heteroatoms. The third kappa shape index (κ3) is 5.42. The van der Waals surface area contributed by atoms with Crippen LogP contribution in [0, 0.1) is 0 Å². The predicted molar refractivity (Wildman–Crippen MR) is 261 cm³/mol. The molecule has 0 fully saturated rings. The van der Waals surface area contributed by atoms with Crippen molar-refractivity contribution in [3.8, 4) is 51.0 Å². The summed E-state index contributed by atoms with van der Waals surface area (Å²) in [5.74, 6) is 1.81. The van der Waals surface area contributed by atoms with E-state index in [0.29, 0.717) is 17.6 Å². The molecule has 4 nitrogen and oxygen atoms in total. The van der Waals surface area contributed by atoms with E-state index in [-0.39, 0.29) is 0 Å². The molecule has 0 aliphatic carbocycles. The first kappa shape index (κ1) is 34.8. The Morgan fingerprint density at radius 2 is 0.919 bits per heavy atom. The van der Waals surface area contributed by atoms with E-state index < -0.39 is 0 Å². The van der Waals surface area contributed by atoms with Crippen LogP contribution in [0.4, 0.5) is 0 Å². The molecule has 0 N–H and O–H groups in total. The summed E-state index contributed by atoms with van der Waals surface area (Å²) in [6, 6.07) is 73.8. The van der Waals surface area contributed by atoms with Crippen molar-refractivity contribution in [1.29, 1.82) is 0 Å². The predicted octanol–water partition coefficient (Wildman–Crippen LogP) is 15.5. The molecule has 0 bridgehead atoms. The zero-order valence-electron chi connectivity index (χ0n) is 33.3. The Balaban J connectivity index is 1.12. The molecule has 10 aromatic carbocycles. The first-order chi connectivity index (χ1) is 30.7. The standard InChI is InChI=1S/C57H34N4S/c1-2-12-35(13-3-1)37-24-27-40(28-25-37)55-58-56(42-29-26-36-14-4-5-17-41(36)34-42)60-57(59-55)61-49-32-30-38-15-6-8-18-43(38)51(49)47-22-10-20-45(53(47)61)46-21-11-23-48-52-44-19-9-7-16-39(44)31-33-50(52)62-54(46)48/h1-34H. The van der Waals surface area contributed by atoms with Crippen molar-refractivity contribution in [2.75, 3.05) is 0 Å². The van der Waals surface area contributed by atoms with Gasteiger partial charge in [-0.05, 0) is 61.6 Å². The van der Waals surface area contributed by atoms with Crippen LogP contribution in [0.15, 0.2) is 206 Å². The number of nitrogens with zero attached hydrogens (tertiary/aromatic N) is 4. The van der Waals surface area contributed by atoms with E-state index >= 15 is 0 Å². The molecule has 0 unspecified atom stereocenters. The highest BCUT2D eigenvalue weighted by Crippen LogP contribution is 2.46. The molecule has 288 valence electrons. The minimum absolute atomic E-state index is 0.572. The summed E-state index contributed by atoms with van der Waals surface area (Å²) in [5.41, 5.74) is 8.58. The van der Waals surface area contributed by atoms with Crippen molar-refractivity contribution in [1.82, 2.24) is 19.5 Å². The molecule has 0 atom stereocenters. The van der Waals surface area contributed by atoms with Crippen molar-refractivity contribution >= 4 is 85.6 Å². The lowest BCUT2D eigenvalue weighted by Crippen LogP contribution is -2.07. The number of aromatic nitrogens is 4. The molecule has 13 aromatic rings. The van der Waals surface area contributed by atoms with Crippen LogP contribution in [0.5, 0.6) is 0 Å². The summed E-state index contributed by atoms with van der Waals surface area (Å²) in [4.78, 5) is 16.1. The summed E-state index contributed by atoms with van der Waals surface area (Å²) in [5, 5.41) is 12.1. The Hall–Kier alpha value is -7.99. The van der Waals surface area contributed by atoms with Gasteiger partial charge in [-0.25, -0.2) is 4.98 Å². The zero-order valence-corrected chi connectivity index (χ0v) is 34.1. The van der Waals surface area contributed by atoms with Crippen molar-refractivity contribution in [3.63, 3.8) is 0 Å². The normalized spacial score (nSPS) is 11.9. The van der Waals surface area contributed by atoms with Gasteiger partial charge in [0.05, 0.1) is 11.0 Å². The zero-order chi connectivity index (χ0) is 40.7. The summed E-state index contributed by atoms with van der Waals surface area (Å²) in [6.07, 6.45) is 0. The van der Waals surface area contributed by atoms with Gasteiger partial charge in [-0.3, -0.25) is 4.57 Å². The van der Waals surface area contributed by atoms with Gasteiger partial charge in [0.2, 0.25) is 5.95 Å². The summed E-state index contributed by atoms with van der Waals surface area (Å²) < 4.78 is 4.84. The fourth-order valence-corrected chi connectivity index (χ4v) is 10.8. The van der Waals surface area contributed by atoms with Crippen molar-refractivity contribution in [2.45, 2.75) is 0 Å². The minimum Gasteiger partial charge on any atom is -0.277 e. The lowest BCUT2D eigenvalue weighted by atomic mass is 9.97. The molecular formula is C57H34N4S. The fourth-order valence-electron chi connectivity index (χ4n) is 9.54. The molecule has 3 heterocycles. The van der Waals surface area contributed by atoms with E-state index in [1.54, 1.807) is 0 Å². The third-order valence-corrected chi connectivity index (χ3v) is 13.6. The second-order valence-electron chi connectivity index (χ2n) is 16.0. The van der Waals surface area contributed by atoms with E-state index in [9.17, 15) is 0 Å². The van der Waals surface area contributed by atoms with Crippen LogP contribution in [0.25, 0.3) is 125 Å². The van der Waals surface area contributed by atoms with E-state index in [1.807, 2.05) is 17.4 Å². The number of hydrogen-bond acceptors (Lipinski definition) is 4. The van der Waals surface area contributed by atoms with Crippen molar-refractivity contribution < 1.29 is 0 Å². The van der Waals surface area contributed by atoms with Gasteiger partial charge in [0.25, 0.3) is 0 Å². The summed E-state index contributed by atoms with van der Waals surface area (Å²) >= 11 is 1.87. The molecule has 0 aliphatic heterocycles. The molecule has 0 radical (unpaired) electrons. The van der Waals surface area contributed by atoms with Crippen LogP contribution >= 0.6 is 11.3 Å². The van der Waals surface area contributed by atoms with Crippen LogP contribution in [0.3, 0.4) is 0 Å². The number of benzene rings is 10. The van der Waals surface area contributed by atoms with Crippen LogP contribution in [0.2, 0.25) is 0 Å². The van der Waals surface area contributed by atoms with E-state index in [4.69, 9.17) is 15.0 Å². The highest BCUT2D eigenvalue weighted by molar-refractivity contribution is 7.26. The number of rotatable bonds is 5. The first-order valence-corrected chi connectivity index (χ1v) is 21.7. The average molecular weight is 807 g/mol. The van der Waals surface area contributed by atoms with Crippen LogP contribution in [0.1, 0.15) is 0 Å². The lowest BCUT2D eigenvalue weighted by Gasteiger charge is -2.14. The van der Waals surface area contributed by atoms with Crippen LogP contribution < -0.4 is 0 Å². The average Bonchev–Trinajstić information content (AvgIpc) is 3.91. The Kier molecular flexibility index (Phi) is 7.74. The van der Waals surface area contributed by atoms with Crippen LogP contribution in [-0.4, -0.2) is 19.5 Å². The molecular weight excluding hydrogens is 773 g/mol. The van der Waals surface area contributed by atoms with Gasteiger partial charge in [-0.2, -0.15) is 9.97 Å². The van der Waals surface area contributed by atoms with Crippen molar-refractivity contribution in [3.05, 3.63) is 206 Å². The summed E-state index contributed by atoms with van der Waals surface area (Å²) in [7, 11) is 0. The van der Waals surface area contributed by atoms with Gasteiger partial charge in [-0.15, -0.1) is 11.3 Å².